The first-order valence-corrected chi connectivity index (χ1v) is 5.99. The Kier molecular flexibility index (Phi) is 4.26. The molecule has 0 bridgehead atoms. The van der Waals surface area contributed by atoms with Crippen LogP contribution in [0.5, 0.6) is 0 Å². The summed E-state index contributed by atoms with van der Waals surface area (Å²) in [4.78, 5) is 0. The molecule has 1 fully saturated rings. The van der Waals surface area contributed by atoms with Crippen molar-refractivity contribution in [3.05, 3.63) is 34.3 Å². The van der Waals surface area contributed by atoms with E-state index < -0.39 is 5.92 Å². The average molecular weight is 277 g/mol. The molecule has 1 aromatic carbocycles. The third-order valence-electron chi connectivity index (χ3n) is 2.43. The first-order valence-electron chi connectivity index (χ1n) is 5.20. The van der Waals surface area contributed by atoms with E-state index in [0.29, 0.717) is 0 Å². The van der Waals surface area contributed by atoms with Gasteiger partial charge in [0.1, 0.15) is 0 Å². The molecule has 0 unspecified atom stereocenters. The minimum atomic E-state index is -2.42. The zero-order chi connectivity index (χ0) is 11.5. The molecule has 1 aliphatic rings. The van der Waals surface area contributed by atoms with E-state index in [2.05, 4.69) is 15.9 Å². The molecule has 84 valence electrons. The Balaban J connectivity index is 0.000000531. The van der Waals surface area contributed by atoms with Crippen LogP contribution in [0.25, 0.3) is 0 Å². The highest BCUT2D eigenvalue weighted by molar-refractivity contribution is 9.10. The van der Waals surface area contributed by atoms with Crippen LogP contribution < -0.4 is 0 Å². The smallest absolute Gasteiger partial charge is 0.207 e. The fraction of sp³-hybridized carbons (Fsp3) is 0.500. The van der Waals surface area contributed by atoms with Crippen molar-refractivity contribution >= 4 is 15.9 Å². The predicted octanol–water partition coefficient (Wildman–Crippen LogP) is 4.99. The third kappa shape index (κ3) is 3.26. The van der Waals surface area contributed by atoms with Crippen molar-refractivity contribution in [2.45, 2.75) is 38.5 Å². The number of rotatable bonds is 1. The average Bonchev–Trinajstić information content (AvgIpc) is 2.18. The van der Waals surface area contributed by atoms with E-state index in [1.165, 1.54) is 0 Å². The number of alkyl halides is 2. The topological polar surface area (TPSA) is 0 Å². The zero-order valence-electron chi connectivity index (χ0n) is 8.93. The summed E-state index contributed by atoms with van der Waals surface area (Å²) in [6.45, 7) is 4.00. The Bertz CT molecular complexity index is 298. The number of halogens is 3. The van der Waals surface area contributed by atoms with E-state index in [9.17, 15) is 8.78 Å². The Morgan fingerprint density at radius 2 is 1.60 bits per heavy atom. The van der Waals surface area contributed by atoms with Crippen molar-refractivity contribution in [2.75, 3.05) is 0 Å². The van der Waals surface area contributed by atoms with Gasteiger partial charge >= 0.3 is 0 Å². The maximum atomic E-state index is 12.5. The van der Waals surface area contributed by atoms with Gasteiger partial charge in [-0.25, -0.2) is 8.78 Å². The van der Waals surface area contributed by atoms with Crippen molar-refractivity contribution < 1.29 is 8.78 Å². The van der Waals surface area contributed by atoms with Crippen LogP contribution in [0.4, 0.5) is 8.78 Å². The first kappa shape index (κ1) is 12.6. The fourth-order valence-corrected chi connectivity index (χ4v) is 1.90. The van der Waals surface area contributed by atoms with Crippen LogP contribution in [0.2, 0.25) is 0 Å². The summed E-state index contributed by atoms with van der Waals surface area (Å²) in [7, 11) is 0. The summed E-state index contributed by atoms with van der Waals surface area (Å²) in [5.41, 5.74) is 1.02. The van der Waals surface area contributed by atoms with E-state index in [1.54, 1.807) is 0 Å². The van der Waals surface area contributed by atoms with Crippen molar-refractivity contribution in [3.8, 4) is 0 Å². The summed E-state index contributed by atoms with van der Waals surface area (Å²) in [6, 6.07) is 7.60. The number of benzene rings is 1. The van der Waals surface area contributed by atoms with Crippen molar-refractivity contribution in [1.82, 2.24) is 0 Å². The monoisotopic (exact) mass is 276 g/mol. The Morgan fingerprint density at radius 1 is 1.13 bits per heavy atom. The van der Waals surface area contributed by atoms with Crippen LogP contribution in [-0.2, 0) is 0 Å². The molecular weight excluding hydrogens is 262 g/mol. The van der Waals surface area contributed by atoms with Gasteiger partial charge in [0, 0.05) is 17.3 Å². The minimum Gasteiger partial charge on any atom is -0.207 e. The normalized spacial score (nSPS) is 18.7. The molecule has 3 heteroatoms. The highest BCUT2D eigenvalue weighted by Gasteiger charge is 2.45. The van der Waals surface area contributed by atoms with Gasteiger partial charge in [-0.05, 0) is 23.6 Å². The molecule has 1 saturated carbocycles. The molecule has 1 aromatic rings. The van der Waals surface area contributed by atoms with Gasteiger partial charge in [0.25, 0.3) is 0 Å². The van der Waals surface area contributed by atoms with Crippen LogP contribution >= 0.6 is 15.9 Å². The molecule has 0 aliphatic heterocycles. The lowest BCUT2D eigenvalue weighted by Gasteiger charge is -2.35. The second-order valence-electron chi connectivity index (χ2n) is 3.51. The lowest BCUT2D eigenvalue weighted by Crippen LogP contribution is -2.33. The lowest BCUT2D eigenvalue weighted by molar-refractivity contribution is -0.0867. The highest BCUT2D eigenvalue weighted by atomic mass is 79.9. The first-order chi connectivity index (χ1) is 7.07. The van der Waals surface area contributed by atoms with Gasteiger partial charge in [-0.1, -0.05) is 41.9 Å². The molecule has 0 heterocycles. The quantitative estimate of drug-likeness (QED) is 0.678. The molecule has 0 spiro atoms. The zero-order valence-corrected chi connectivity index (χ0v) is 10.5. The molecular formula is C12H15BrF2. The second-order valence-corrected chi connectivity index (χ2v) is 4.43. The predicted molar refractivity (Wildman–Crippen MR) is 62.4 cm³/mol. The molecule has 2 rings (SSSR count). The Morgan fingerprint density at radius 3 is 2.00 bits per heavy atom. The molecule has 0 N–H and O–H groups in total. The third-order valence-corrected chi connectivity index (χ3v) is 2.96. The SMILES string of the molecule is CC.FC1(F)CC(c2ccc(Br)cc2)C1. The van der Waals surface area contributed by atoms with Crippen molar-refractivity contribution in [1.29, 1.82) is 0 Å². The minimum absolute atomic E-state index is 0.00856. The Hall–Kier alpha value is -0.440. The molecule has 0 amide bonds. The molecule has 0 radical (unpaired) electrons. The standard InChI is InChI=1S/C10H9BrF2.C2H6/c11-9-3-1-7(2-4-9)8-5-10(12,13)6-8;1-2/h1-4,8H,5-6H2;1-2H3. The molecule has 0 saturated heterocycles. The summed E-state index contributed by atoms with van der Waals surface area (Å²) in [5, 5.41) is 0. The summed E-state index contributed by atoms with van der Waals surface area (Å²) in [6.07, 6.45) is 0.0171. The number of hydrogen-bond acceptors (Lipinski definition) is 0. The molecule has 0 aromatic heterocycles. The van der Waals surface area contributed by atoms with Crippen LogP contribution in [-0.4, -0.2) is 5.92 Å². The van der Waals surface area contributed by atoms with E-state index in [1.807, 2.05) is 38.1 Å². The van der Waals surface area contributed by atoms with Crippen LogP contribution in [0.1, 0.15) is 38.2 Å². The van der Waals surface area contributed by atoms with Crippen LogP contribution in [0.15, 0.2) is 28.7 Å². The molecule has 0 atom stereocenters. The molecule has 15 heavy (non-hydrogen) atoms. The van der Waals surface area contributed by atoms with Gasteiger partial charge in [0.2, 0.25) is 5.92 Å². The van der Waals surface area contributed by atoms with E-state index in [4.69, 9.17) is 0 Å². The van der Waals surface area contributed by atoms with Gasteiger partial charge in [0.15, 0.2) is 0 Å². The van der Waals surface area contributed by atoms with E-state index in [0.717, 1.165) is 10.0 Å². The largest absolute Gasteiger partial charge is 0.249 e. The summed E-state index contributed by atoms with van der Waals surface area (Å²) < 4.78 is 26.1. The lowest BCUT2D eigenvalue weighted by atomic mass is 9.77. The van der Waals surface area contributed by atoms with Crippen LogP contribution in [0, 0.1) is 0 Å². The highest BCUT2D eigenvalue weighted by Crippen LogP contribution is 2.48. The van der Waals surface area contributed by atoms with E-state index >= 15 is 0 Å². The van der Waals surface area contributed by atoms with Gasteiger partial charge in [-0.15, -0.1) is 0 Å². The molecule has 0 nitrogen and oxygen atoms in total. The second kappa shape index (κ2) is 5.06. The summed E-state index contributed by atoms with van der Waals surface area (Å²) in [5.74, 6) is -2.36. The van der Waals surface area contributed by atoms with Crippen LogP contribution in [0.3, 0.4) is 0 Å². The Labute approximate surface area is 97.8 Å². The van der Waals surface area contributed by atoms with Gasteiger partial charge in [-0.3, -0.25) is 0 Å². The molecule has 1 aliphatic carbocycles. The van der Waals surface area contributed by atoms with Gasteiger partial charge in [0.05, 0.1) is 0 Å². The van der Waals surface area contributed by atoms with Crippen molar-refractivity contribution in [3.63, 3.8) is 0 Å². The van der Waals surface area contributed by atoms with Crippen molar-refractivity contribution in [2.24, 2.45) is 0 Å². The fourth-order valence-electron chi connectivity index (χ4n) is 1.63. The maximum absolute atomic E-state index is 12.5. The maximum Gasteiger partial charge on any atom is 0.249 e. The van der Waals surface area contributed by atoms with E-state index in [-0.39, 0.29) is 18.8 Å². The van der Waals surface area contributed by atoms with Gasteiger partial charge < -0.3 is 0 Å². The van der Waals surface area contributed by atoms with Gasteiger partial charge in [-0.2, -0.15) is 0 Å². The number of hydrogen-bond donors (Lipinski definition) is 0. The summed E-state index contributed by atoms with van der Waals surface area (Å²) >= 11 is 3.31.